The molecule has 0 bridgehead atoms. The molecule has 120 valence electrons. The van der Waals surface area contributed by atoms with Gasteiger partial charge in [0.05, 0.1) is 17.6 Å². The quantitative estimate of drug-likeness (QED) is 0.516. The zero-order valence-corrected chi connectivity index (χ0v) is 11.8. The van der Waals surface area contributed by atoms with Gasteiger partial charge in [0, 0.05) is 12.0 Å². The van der Waals surface area contributed by atoms with Gasteiger partial charge in [-0.2, -0.15) is 0 Å². The fourth-order valence-electron chi connectivity index (χ4n) is 1.72. The fourth-order valence-corrected chi connectivity index (χ4v) is 1.72. The van der Waals surface area contributed by atoms with Gasteiger partial charge in [-0.15, -0.1) is 0 Å². The summed E-state index contributed by atoms with van der Waals surface area (Å²) in [5.41, 5.74) is -0.163. The first-order valence-corrected chi connectivity index (χ1v) is 6.35. The van der Waals surface area contributed by atoms with E-state index in [4.69, 9.17) is 19.7 Å². The Labute approximate surface area is 125 Å². The van der Waals surface area contributed by atoms with Gasteiger partial charge in [-0.3, -0.25) is 14.9 Å². The molecule has 9 nitrogen and oxygen atoms in total. The normalized spacial score (nSPS) is 10.0. The monoisotopic (exact) mass is 313 g/mol. The van der Waals surface area contributed by atoms with Crippen molar-refractivity contribution >= 4 is 17.6 Å². The average molecular weight is 313 g/mol. The summed E-state index contributed by atoms with van der Waals surface area (Å²) < 4.78 is 10.2. The Balaban J connectivity index is 3.20. The van der Waals surface area contributed by atoms with Crippen LogP contribution in [0, 0.1) is 10.1 Å². The molecule has 2 N–H and O–H groups in total. The van der Waals surface area contributed by atoms with E-state index in [1.54, 1.807) is 6.92 Å². The van der Waals surface area contributed by atoms with Crippen molar-refractivity contribution in [1.82, 2.24) is 0 Å². The maximum Gasteiger partial charge on any atom is 0.341 e. The second-order valence-corrected chi connectivity index (χ2v) is 4.19. The number of nitro benzene ring substituents is 1. The van der Waals surface area contributed by atoms with Gasteiger partial charge in [-0.1, -0.05) is 0 Å². The van der Waals surface area contributed by atoms with Crippen LogP contribution in [0.4, 0.5) is 5.69 Å². The van der Waals surface area contributed by atoms with Gasteiger partial charge < -0.3 is 19.7 Å². The number of hydrogen-bond donors (Lipinski definition) is 2. The van der Waals surface area contributed by atoms with Crippen molar-refractivity contribution in [1.29, 1.82) is 0 Å². The van der Waals surface area contributed by atoms with Crippen LogP contribution in [0.2, 0.25) is 0 Å². The van der Waals surface area contributed by atoms with Crippen molar-refractivity contribution in [2.75, 3.05) is 13.2 Å². The number of rotatable bonds is 9. The first-order chi connectivity index (χ1) is 10.3. The number of carbonyl (C=O) groups is 2. The summed E-state index contributed by atoms with van der Waals surface area (Å²) >= 11 is 0. The maximum atomic E-state index is 11.1. The molecule has 9 heteroatoms. The highest BCUT2D eigenvalue weighted by molar-refractivity contribution is 5.69. The Morgan fingerprint density at radius 2 is 1.82 bits per heavy atom. The van der Waals surface area contributed by atoms with Crippen LogP contribution in [0.3, 0.4) is 0 Å². The molecule has 1 aromatic rings. The molecule has 0 aromatic heterocycles. The molecular weight excluding hydrogens is 298 g/mol. The van der Waals surface area contributed by atoms with Gasteiger partial charge in [-0.25, -0.2) is 4.79 Å². The number of ether oxygens (including phenoxy) is 2. The molecule has 0 aliphatic carbocycles. The third kappa shape index (κ3) is 4.93. The Bertz CT molecular complexity index is 584. The lowest BCUT2D eigenvalue weighted by atomic mass is 10.1. The molecule has 0 radical (unpaired) electrons. The molecule has 1 rings (SSSR count). The first-order valence-electron chi connectivity index (χ1n) is 6.35. The van der Waals surface area contributed by atoms with Crippen LogP contribution in [0.25, 0.3) is 0 Å². The van der Waals surface area contributed by atoms with Gasteiger partial charge >= 0.3 is 11.9 Å². The van der Waals surface area contributed by atoms with Crippen LogP contribution >= 0.6 is 0 Å². The molecule has 0 aliphatic heterocycles. The van der Waals surface area contributed by atoms with Crippen molar-refractivity contribution in [2.24, 2.45) is 0 Å². The maximum absolute atomic E-state index is 11.1. The molecule has 0 atom stereocenters. The van der Waals surface area contributed by atoms with Crippen molar-refractivity contribution in [3.63, 3.8) is 0 Å². The van der Waals surface area contributed by atoms with Crippen LogP contribution in [-0.4, -0.2) is 40.3 Å². The lowest BCUT2D eigenvalue weighted by Gasteiger charge is -2.12. The van der Waals surface area contributed by atoms with Crippen molar-refractivity contribution in [2.45, 2.75) is 19.8 Å². The highest BCUT2D eigenvalue weighted by Gasteiger charge is 2.21. The minimum atomic E-state index is -1.24. The third-order valence-corrected chi connectivity index (χ3v) is 2.60. The molecule has 0 unspecified atom stereocenters. The summed E-state index contributed by atoms with van der Waals surface area (Å²) in [5.74, 6) is -2.26. The minimum Gasteiger partial charge on any atom is -0.490 e. The highest BCUT2D eigenvalue weighted by Crippen LogP contribution is 2.35. The fraction of sp³-hybridized carbons (Fsp3) is 0.385. The van der Waals surface area contributed by atoms with Gasteiger partial charge in [-0.05, 0) is 19.4 Å². The lowest BCUT2D eigenvalue weighted by molar-refractivity contribution is -0.385. The summed E-state index contributed by atoms with van der Waals surface area (Å²) in [4.78, 5) is 31.5. The lowest BCUT2D eigenvalue weighted by Crippen LogP contribution is -2.11. The standard InChI is InChI=1S/C13H15NO8/c1-2-21-10-5-8(3-4-12(15)16)9(14(19)20)6-11(10)22-7-13(17)18/h5-6H,2-4,7H2,1H3,(H,15,16)(H,17,18). The van der Waals surface area contributed by atoms with Gasteiger partial charge in [0.1, 0.15) is 0 Å². The molecule has 22 heavy (non-hydrogen) atoms. The number of nitrogens with zero attached hydrogens (tertiary/aromatic N) is 1. The molecule has 0 saturated carbocycles. The molecule has 1 aromatic carbocycles. The Morgan fingerprint density at radius 1 is 1.18 bits per heavy atom. The molecule has 0 saturated heterocycles. The molecular formula is C13H15NO8. The predicted octanol–water partition coefficient (Wildman–Crippen LogP) is 1.47. The number of nitro groups is 1. The minimum absolute atomic E-state index is 0.0507. The Hall–Kier alpha value is -2.84. The molecule has 0 aliphatic rings. The van der Waals surface area contributed by atoms with E-state index in [0.717, 1.165) is 6.07 Å². The largest absolute Gasteiger partial charge is 0.490 e. The van der Waals surface area contributed by atoms with E-state index < -0.39 is 23.5 Å². The number of carboxylic acids is 2. The van der Waals surface area contributed by atoms with E-state index in [9.17, 15) is 19.7 Å². The van der Waals surface area contributed by atoms with Crippen molar-refractivity contribution in [3.05, 3.63) is 27.8 Å². The van der Waals surface area contributed by atoms with E-state index in [-0.39, 0.29) is 42.2 Å². The number of hydrogen-bond acceptors (Lipinski definition) is 6. The summed E-state index contributed by atoms with van der Waals surface area (Å²) in [5, 5.41) is 28.4. The highest BCUT2D eigenvalue weighted by atomic mass is 16.6. The summed E-state index contributed by atoms with van der Waals surface area (Å²) in [6.07, 6.45) is -0.327. The first kappa shape index (κ1) is 17.2. The van der Waals surface area contributed by atoms with Crippen LogP contribution in [0.5, 0.6) is 11.5 Å². The van der Waals surface area contributed by atoms with Crippen LogP contribution in [-0.2, 0) is 16.0 Å². The summed E-state index contributed by atoms with van der Waals surface area (Å²) in [6.45, 7) is 1.24. The molecule has 0 amide bonds. The van der Waals surface area contributed by atoms with E-state index in [1.807, 2.05) is 0 Å². The average Bonchev–Trinajstić information content (AvgIpc) is 2.43. The summed E-state index contributed by atoms with van der Waals surface area (Å²) in [7, 11) is 0. The molecule has 0 spiro atoms. The number of benzene rings is 1. The molecule has 0 heterocycles. The Morgan fingerprint density at radius 3 is 2.32 bits per heavy atom. The third-order valence-electron chi connectivity index (χ3n) is 2.60. The van der Waals surface area contributed by atoms with E-state index >= 15 is 0 Å². The van der Waals surface area contributed by atoms with Gasteiger partial charge in [0.15, 0.2) is 18.1 Å². The predicted molar refractivity (Wildman–Crippen MR) is 73.4 cm³/mol. The van der Waals surface area contributed by atoms with Crippen molar-refractivity contribution in [3.8, 4) is 11.5 Å². The number of carboxylic acid groups (broad SMARTS) is 2. The van der Waals surface area contributed by atoms with Crippen LogP contribution in [0.1, 0.15) is 18.9 Å². The SMILES string of the molecule is CCOc1cc(CCC(=O)O)c([N+](=O)[O-])cc1OCC(=O)O. The number of aliphatic carboxylic acids is 2. The topological polar surface area (TPSA) is 136 Å². The smallest absolute Gasteiger partial charge is 0.341 e. The van der Waals surface area contributed by atoms with Crippen molar-refractivity contribution < 1.29 is 34.2 Å². The number of aryl methyl sites for hydroxylation is 1. The van der Waals surface area contributed by atoms with Gasteiger partial charge in [0.25, 0.3) is 5.69 Å². The van der Waals surface area contributed by atoms with Crippen LogP contribution < -0.4 is 9.47 Å². The Kier molecular flexibility index (Phi) is 6.11. The summed E-state index contributed by atoms with van der Waals surface area (Å²) in [6, 6.07) is 2.35. The van der Waals surface area contributed by atoms with E-state index in [0.29, 0.717) is 0 Å². The zero-order valence-electron chi connectivity index (χ0n) is 11.8. The van der Waals surface area contributed by atoms with Crippen LogP contribution in [0.15, 0.2) is 12.1 Å². The second kappa shape index (κ2) is 7.81. The molecule has 0 fully saturated rings. The zero-order chi connectivity index (χ0) is 16.7. The van der Waals surface area contributed by atoms with E-state index in [1.165, 1.54) is 6.07 Å². The van der Waals surface area contributed by atoms with Gasteiger partial charge in [0.2, 0.25) is 0 Å². The van der Waals surface area contributed by atoms with E-state index in [2.05, 4.69) is 0 Å². The second-order valence-electron chi connectivity index (χ2n) is 4.19.